The molecule has 1 amide bonds. The second-order valence-electron chi connectivity index (χ2n) is 4.75. The number of hydrogen-bond acceptors (Lipinski definition) is 3. The molecule has 1 rings (SSSR count). The molecule has 0 unspecified atom stereocenters. The molecule has 0 bridgehead atoms. The molecule has 5 heteroatoms. The molecule has 0 aliphatic heterocycles. The van der Waals surface area contributed by atoms with Crippen molar-refractivity contribution >= 4 is 21.8 Å². The summed E-state index contributed by atoms with van der Waals surface area (Å²) < 4.78 is 6.35. The molecule has 0 radical (unpaired) electrons. The molecule has 0 aliphatic carbocycles. The third-order valence-electron chi connectivity index (χ3n) is 2.66. The van der Waals surface area contributed by atoms with Gasteiger partial charge >= 0.3 is 0 Å². The van der Waals surface area contributed by atoms with E-state index in [2.05, 4.69) is 35.1 Å². The van der Waals surface area contributed by atoms with Crippen molar-refractivity contribution in [3.05, 3.63) is 28.2 Å². The van der Waals surface area contributed by atoms with Crippen LogP contribution in [-0.2, 0) is 11.3 Å². The first kappa shape index (κ1) is 16.0. The molecule has 0 atom stereocenters. The summed E-state index contributed by atoms with van der Waals surface area (Å²) in [5.41, 5.74) is 6.52. The average molecular weight is 329 g/mol. The van der Waals surface area contributed by atoms with Crippen molar-refractivity contribution in [2.45, 2.75) is 26.8 Å². The molecule has 0 saturated heterocycles. The number of ether oxygens (including phenoxy) is 1. The third kappa shape index (κ3) is 5.61. The fourth-order valence-corrected chi connectivity index (χ4v) is 2.09. The summed E-state index contributed by atoms with van der Waals surface area (Å²) in [6, 6.07) is 5.64. The van der Waals surface area contributed by atoms with E-state index in [4.69, 9.17) is 10.5 Å². The highest BCUT2D eigenvalue weighted by molar-refractivity contribution is 9.10. The van der Waals surface area contributed by atoms with Crippen molar-refractivity contribution in [3.63, 3.8) is 0 Å². The topological polar surface area (TPSA) is 64.3 Å². The van der Waals surface area contributed by atoms with Crippen LogP contribution >= 0.6 is 15.9 Å². The second kappa shape index (κ2) is 8.17. The van der Waals surface area contributed by atoms with Crippen molar-refractivity contribution in [2.24, 2.45) is 11.7 Å². The van der Waals surface area contributed by atoms with Gasteiger partial charge in [0.2, 0.25) is 0 Å². The van der Waals surface area contributed by atoms with Crippen LogP contribution in [0.1, 0.15) is 25.8 Å². The predicted octanol–water partition coefficient (Wildman–Crippen LogP) is 2.45. The van der Waals surface area contributed by atoms with Crippen LogP contribution in [0.25, 0.3) is 0 Å². The lowest BCUT2D eigenvalue weighted by atomic mass is 10.1. The SMILES string of the molecule is CC(C)CCNC(=O)COc1c(Br)cccc1CN. The Hall–Kier alpha value is -1.07. The van der Waals surface area contributed by atoms with Gasteiger partial charge in [0, 0.05) is 18.7 Å². The molecule has 19 heavy (non-hydrogen) atoms. The zero-order valence-electron chi connectivity index (χ0n) is 11.4. The molecule has 0 spiro atoms. The molecular formula is C14H21BrN2O2. The van der Waals surface area contributed by atoms with Gasteiger partial charge in [-0.15, -0.1) is 0 Å². The summed E-state index contributed by atoms with van der Waals surface area (Å²) in [5.74, 6) is 1.11. The number of benzene rings is 1. The van der Waals surface area contributed by atoms with E-state index in [1.54, 1.807) is 0 Å². The van der Waals surface area contributed by atoms with Crippen LogP contribution in [0.5, 0.6) is 5.75 Å². The van der Waals surface area contributed by atoms with Gasteiger partial charge in [-0.3, -0.25) is 4.79 Å². The fraction of sp³-hybridized carbons (Fsp3) is 0.500. The molecule has 0 heterocycles. The molecule has 1 aromatic carbocycles. The lowest BCUT2D eigenvalue weighted by molar-refractivity contribution is -0.123. The van der Waals surface area contributed by atoms with Crippen molar-refractivity contribution in [1.29, 1.82) is 0 Å². The fourth-order valence-electron chi connectivity index (χ4n) is 1.56. The van der Waals surface area contributed by atoms with Gasteiger partial charge in [-0.25, -0.2) is 0 Å². The number of rotatable bonds is 7. The van der Waals surface area contributed by atoms with E-state index in [1.165, 1.54) is 0 Å². The molecule has 3 N–H and O–H groups in total. The molecule has 106 valence electrons. The number of para-hydroxylation sites is 1. The molecule has 0 fully saturated rings. The van der Waals surface area contributed by atoms with Crippen molar-refractivity contribution < 1.29 is 9.53 Å². The van der Waals surface area contributed by atoms with Crippen LogP contribution in [0, 0.1) is 5.92 Å². The Morgan fingerprint density at radius 1 is 1.47 bits per heavy atom. The number of halogens is 1. The average Bonchev–Trinajstić information content (AvgIpc) is 2.36. The molecule has 0 aliphatic rings. The Labute approximate surface area is 122 Å². The molecule has 1 aromatic rings. The van der Waals surface area contributed by atoms with Crippen LogP contribution < -0.4 is 15.8 Å². The van der Waals surface area contributed by atoms with Crippen LogP contribution in [0.15, 0.2) is 22.7 Å². The Bertz CT molecular complexity index is 422. The first-order valence-corrected chi connectivity index (χ1v) is 7.20. The lowest BCUT2D eigenvalue weighted by Gasteiger charge is -2.12. The normalized spacial score (nSPS) is 10.6. The van der Waals surface area contributed by atoms with Gasteiger partial charge in [0.15, 0.2) is 6.61 Å². The number of carbonyl (C=O) groups is 1. The Morgan fingerprint density at radius 3 is 2.84 bits per heavy atom. The van der Waals surface area contributed by atoms with Gasteiger partial charge in [-0.1, -0.05) is 26.0 Å². The minimum Gasteiger partial charge on any atom is -0.482 e. The maximum absolute atomic E-state index is 11.6. The van der Waals surface area contributed by atoms with Gasteiger partial charge in [0.25, 0.3) is 5.91 Å². The smallest absolute Gasteiger partial charge is 0.257 e. The van der Waals surface area contributed by atoms with Crippen molar-refractivity contribution in [1.82, 2.24) is 5.32 Å². The Kier molecular flexibility index (Phi) is 6.87. The maximum Gasteiger partial charge on any atom is 0.257 e. The maximum atomic E-state index is 11.6. The first-order valence-electron chi connectivity index (χ1n) is 6.41. The van der Waals surface area contributed by atoms with Crippen LogP contribution in [0.4, 0.5) is 0 Å². The van der Waals surface area contributed by atoms with E-state index in [-0.39, 0.29) is 12.5 Å². The second-order valence-corrected chi connectivity index (χ2v) is 5.61. The highest BCUT2D eigenvalue weighted by atomic mass is 79.9. The van der Waals surface area contributed by atoms with Gasteiger partial charge < -0.3 is 15.8 Å². The predicted molar refractivity (Wildman–Crippen MR) is 80.0 cm³/mol. The highest BCUT2D eigenvalue weighted by Crippen LogP contribution is 2.28. The molecule has 0 saturated carbocycles. The number of nitrogens with one attached hydrogen (secondary N) is 1. The summed E-state index contributed by atoms with van der Waals surface area (Å²) in [7, 11) is 0. The Morgan fingerprint density at radius 2 is 2.21 bits per heavy atom. The van der Waals surface area contributed by atoms with E-state index in [9.17, 15) is 4.79 Å². The minimum atomic E-state index is -0.112. The van der Waals surface area contributed by atoms with Gasteiger partial charge in [-0.2, -0.15) is 0 Å². The van der Waals surface area contributed by atoms with Crippen LogP contribution in [-0.4, -0.2) is 19.1 Å². The van der Waals surface area contributed by atoms with E-state index in [1.807, 2.05) is 18.2 Å². The van der Waals surface area contributed by atoms with Gasteiger partial charge in [0.1, 0.15) is 5.75 Å². The third-order valence-corrected chi connectivity index (χ3v) is 3.28. The standard InChI is InChI=1S/C14H21BrN2O2/c1-10(2)6-7-17-13(18)9-19-14-11(8-16)4-3-5-12(14)15/h3-5,10H,6-9,16H2,1-2H3,(H,17,18). The summed E-state index contributed by atoms with van der Waals surface area (Å²) in [4.78, 5) is 11.6. The zero-order valence-corrected chi connectivity index (χ0v) is 13.0. The zero-order chi connectivity index (χ0) is 14.3. The molecule has 4 nitrogen and oxygen atoms in total. The summed E-state index contributed by atoms with van der Waals surface area (Å²) in [6.07, 6.45) is 0.967. The van der Waals surface area contributed by atoms with E-state index in [0.717, 1.165) is 16.5 Å². The monoisotopic (exact) mass is 328 g/mol. The first-order chi connectivity index (χ1) is 9.04. The summed E-state index contributed by atoms with van der Waals surface area (Å²) in [5, 5.41) is 2.83. The number of hydrogen-bond donors (Lipinski definition) is 2. The number of carbonyl (C=O) groups excluding carboxylic acids is 1. The minimum absolute atomic E-state index is 0.00765. The number of nitrogens with two attached hydrogens (primary N) is 1. The molecule has 0 aromatic heterocycles. The lowest BCUT2D eigenvalue weighted by Crippen LogP contribution is -2.30. The number of amides is 1. The summed E-state index contributed by atoms with van der Waals surface area (Å²) in [6.45, 7) is 5.31. The van der Waals surface area contributed by atoms with Crippen LogP contribution in [0.3, 0.4) is 0 Å². The largest absolute Gasteiger partial charge is 0.482 e. The quantitative estimate of drug-likeness (QED) is 0.808. The van der Waals surface area contributed by atoms with E-state index < -0.39 is 0 Å². The van der Waals surface area contributed by atoms with Gasteiger partial charge in [0.05, 0.1) is 4.47 Å². The highest BCUT2D eigenvalue weighted by Gasteiger charge is 2.09. The van der Waals surface area contributed by atoms with Crippen LogP contribution in [0.2, 0.25) is 0 Å². The van der Waals surface area contributed by atoms with E-state index in [0.29, 0.717) is 24.8 Å². The Balaban J connectivity index is 2.46. The van der Waals surface area contributed by atoms with Crippen molar-refractivity contribution in [2.75, 3.05) is 13.2 Å². The van der Waals surface area contributed by atoms with Crippen molar-refractivity contribution in [3.8, 4) is 5.75 Å². The summed E-state index contributed by atoms with van der Waals surface area (Å²) >= 11 is 3.40. The molecular weight excluding hydrogens is 308 g/mol. The van der Waals surface area contributed by atoms with Gasteiger partial charge in [-0.05, 0) is 34.3 Å². The van der Waals surface area contributed by atoms with E-state index >= 15 is 0 Å².